The van der Waals surface area contributed by atoms with Crippen LogP contribution in [-0.2, 0) is 101 Å². The van der Waals surface area contributed by atoms with E-state index in [0.29, 0.717) is 178 Å². The Bertz CT molecular complexity index is 1290. The van der Waals surface area contributed by atoms with Gasteiger partial charge in [-0.25, -0.2) is 0 Å². The fraction of sp³-hybridized carbons (Fsp3) is 0.833. The van der Waals surface area contributed by atoms with Gasteiger partial charge in [-0.15, -0.1) is 4.18 Å². The highest BCUT2D eigenvalue weighted by atomic mass is 32.3. The number of benzene rings is 1. The van der Waals surface area contributed by atoms with Gasteiger partial charge in [0.05, 0.1) is 185 Å². The molecular weight excluding hydrogens is 927 g/mol. The third-order valence-corrected chi connectivity index (χ3v) is 10.1. The summed E-state index contributed by atoms with van der Waals surface area (Å²) in [6.45, 7) is 17.1. The zero-order valence-electron chi connectivity index (χ0n) is 42.0. The molecule has 20 nitrogen and oxygen atoms in total. The van der Waals surface area contributed by atoms with Crippen LogP contribution in [0, 0.1) is 0 Å². The van der Waals surface area contributed by atoms with Gasteiger partial charge in [-0.2, -0.15) is 5.90 Å². The first-order valence-electron chi connectivity index (χ1n) is 24.8. The Morgan fingerprint density at radius 1 is 0.435 bits per heavy atom. The fourth-order valence-corrected chi connectivity index (χ4v) is 6.20. The van der Waals surface area contributed by atoms with E-state index in [1.807, 2.05) is 6.92 Å². The van der Waals surface area contributed by atoms with Gasteiger partial charge >= 0.3 is 10.8 Å². The Morgan fingerprint density at radius 2 is 0.739 bits per heavy atom. The zero-order chi connectivity index (χ0) is 49.7. The van der Waals surface area contributed by atoms with E-state index < -0.39 is 10.8 Å². The van der Waals surface area contributed by atoms with Crippen molar-refractivity contribution in [2.75, 3.05) is 198 Å². The topological polar surface area (TPSA) is 220 Å². The number of allylic oxidation sites excluding steroid dienone is 1. The number of ether oxygens (including phenoxy) is 15. The average Bonchev–Trinajstić information content (AvgIpc) is 3.35. The Morgan fingerprint density at radius 3 is 1.06 bits per heavy atom. The molecule has 1 unspecified atom stereocenters. The minimum atomic E-state index is -4.15. The highest BCUT2D eigenvalue weighted by molar-refractivity contribution is 7.88. The van der Waals surface area contributed by atoms with E-state index in [1.165, 1.54) is 50.5 Å². The average molecular weight is 1020 g/mol. The van der Waals surface area contributed by atoms with E-state index in [2.05, 4.69) is 51.6 Å². The molecule has 0 spiro atoms. The van der Waals surface area contributed by atoms with E-state index in [-0.39, 0.29) is 19.8 Å². The maximum Gasteiger partial charge on any atom is 0.564 e. The quantitative estimate of drug-likeness (QED) is 0.0503. The van der Waals surface area contributed by atoms with Gasteiger partial charge in [-0.3, -0.25) is 0 Å². The van der Waals surface area contributed by atoms with Crippen LogP contribution in [0.3, 0.4) is 0 Å². The highest BCUT2D eigenvalue weighted by Gasteiger charge is 2.32. The van der Waals surface area contributed by atoms with E-state index in [1.54, 1.807) is 0 Å². The summed E-state index contributed by atoms with van der Waals surface area (Å²) < 4.78 is 112. The first-order chi connectivity index (χ1) is 34.0. The SMILES string of the molecule is C/C=C/c1cc(CCCCCCCCC)ccc1OCCOCCOCCOCCOCCOCCOCCOCCOCCOCCOCCOCCOCCOCCOCCO[S+]([O])(=O)ON. The molecule has 21 heteroatoms. The molecule has 0 aliphatic rings. The molecule has 1 aromatic rings. The number of nitrogens with two attached hydrogens (primary N) is 1. The van der Waals surface area contributed by atoms with Gasteiger partial charge in [0.15, 0.2) is 0 Å². The molecule has 69 heavy (non-hydrogen) atoms. The van der Waals surface area contributed by atoms with Crippen LogP contribution in [0.1, 0.15) is 69.9 Å². The molecule has 0 amide bonds. The summed E-state index contributed by atoms with van der Waals surface area (Å²) >= 11 is 0. The summed E-state index contributed by atoms with van der Waals surface area (Å²) in [6, 6.07) is 6.52. The second kappa shape index (κ2) is 52.5. The van der Waals surface area contributed by atoms with Crippen molar-refractivity contribution in [3.63, 3.8) is 0 Å². The molecule has 2 N–H and O–H groups in total. The van der Waals surface area contributed by atoms with Crippen molar-refractivity contribution < 1.29 is 88.3 Å². The van der Waals surface area contributed by atoms with Crippen LogP contribution < -0.4 is 10.6 Å². The summed E-state index contributed by atoms with van der Waals surface area (Å²) in [5.74, 6) is 5.43. The Kier molecular flexibility index (Phi) is 49.6. The lowest BCUT2D eigenvalue weighted by Crippen LogP contribution is -2.22. The molecule has 0 saturated heterocycles. The first-order valence-corrected chi connectivity index (χ1v) is 26.1. The van der Waals surface area contributed by atoms with E-state index in [9.17, 15) is 8.76 Å². The molecule has 0 aliphatic heterocycles. The van der Waals surface area contributed by atoms with Gasteiger partial charge in [0, 0.05) is 9.77 Å². The summed E-state index contributed by atoms with van der Waals surface area (Å²) in [4.78, 5) is 0. The normalized spacial score (nSPS) is 12.7. The number of rotatable bonds is 57. The van der Waals surface area contributed by atoms with Crippen molar-refractivity contribution in [1.82, 2.24) is 0 Å². The first kappa shape index (κ1) is 65.2. The molecule has 0 aromatic heterocycles. The number of hydrogen-bond acceptors (Lipinski definition) is 19. The van der Waals surface area contributed by atoms with Gasteiger partial charge in [-0.05, 0) is 41.7 Å². The predicted molar refractivity (Wildman–Crippen MR) is 260 cm³/mol. The third kappa shape index (κ3) is 47.0. The monoisotopic (exact) mass is 1020 g/mol. The fourth-order valence-electron chi connectivity index (χ4n) is 5.88. The van der Waals surface area contributed by atoms with Crippen molar-refractivity contribution in [3.05, 3.63) is 35.4 Å². The molecule has 1 aromatic carbocycles. The van der Waals surface area contributed by atoms with Crippen molar-refractivity contribution in [1.29, 1.82) is 0 Å². The van der Waals surface area contributed by atoms with Gasteiger partial charge in [-0.1, -0.05) is 63.7 Å². The van der Waals surface area contributed by atoms with Gasteiger partial charge in [0.25, 0.3) is 0 Å². The van der Waals surface area contributed by atoms with Gasteiger partial charge < -0.3 is 71.1 Å². The lowest BCUT2D eigenvalue weighted by atomic mass is 10.0. The van der Waals surface area contributed by atoms with Crippen molar-refractivity contribution >= 4 is 16.9 Å². The Labute approximate surface area is 414 Å². The summed E-state index contributed by atoms with van der Waals surface area (Å²) in [5, 5.41) is 0. The molecule has 1 atom stereocenters. The van der Waals surface area contributed by atoms with Crippen LogP contribution in [0.25, 0.3) is 6.08 Å². The molecular formula is C48H89NO19S+. The second-order valence-corrected chi connectivity index (χ2v) is 16.2. The number of hydrogen-bond donors (Lipinski definition) is 1. The smallest absolute Gasteiger partial charge is 0.491 e. The van der Waals surface area contributed by atoms with Gasteiger partial charge in [0.1, 0.15) is 23.5 Å². The Hall–Kier alpha value is -1.81. The van der Waals surface area contributed by atoms with Gasteiger partial charge in [0.2, 0.25) is 0 Å². The summed E-state index contributed by atoms with van der Waals surface area (Å²) in [5.41, 5.74) is 2.49. The minimum absolute atomic E-state index is 0.0568. The van der Waals surface area contributed by atoms with E-state index >= 15 is 0 Å². The van der Waals surface area contributed by atoms with Crippen LogP contribution in [-0.4, -0.2) is 198 Å². The number of aryl methyl sites for hydroxylation is 1. The standard InChI is InChI=1S/C48H89NO19S/c1-3-5-6-7-8-9-10-12-46-13-14-48(47(45-46)11-4-2)66-43-41-64-39-37-62-35-33-60-31-29-58-27-25-56-23-21-54-19-17-52-15-16-53-18-20-55-22-24-57-26-28-59-30-32-61-34-36-63-38-40-65-42-44-67-69(50,51)68-49/h4,11,13-14,45H,3,5-10,12,15-44,49H2,1-2H3/q+1/b11-4+. The minimum Gasteiger partial charge on any atom is -0.491 e. The second-order valence-electron chi connectivity index (χ2n) is 15.0. The van der Waals surface area contributed by atoms with Crippen LogP contribution in [0.4, 0.5) is 0 Å². The number of unbranched alkanes of at least 4 members (excludes halogenated alkanes) is 6. The van der Waals surface area contributed by atoms with Crippen molar-refractivity contribution in [2.45, 2.75) is 65.2 Å². The molecule has 1 radical (unpaired) electrons. The molecule has 0 aliphatic carbocycles. The summed E-state index contributed by atoms with van der Waals surface area (Å²) in [6.07, 6.45) is 14.5. The summed E-state index contributed by atoms with van der Waals surface area (Å²) in [7, 11) is -4.15. The van der Waals surface area contributed by atoms with E-state index in [4.69, 9.17) is 71.1 Å². The maximum absolute atomic E-state index is 10.8. The molecule has 0 heterocycles. The van der Waals surface area contributed by atoms with Crippen LogP contribution in [0.5, 0.6) is 5.75 Å². The Balaban J connectivity index is 1.71. The molecule has 405 valence electrons. The van der Waals surface area contributed by atoms with Crippen LogP contribution >= 0.6 is 0 Å². The third-order valence-electron chi connectivity index (χ3n) is 9.38. The zero-order valence-corrected chi connectivity index (χ0v) is 42.8. The molecule has 1 rings (SSSR count). The highest BCUT2D eigenvalue weighted by Crippen LogP contribution is 2.23. The van der Waals surface area contributed by atoms with Crippen LogP contribution in [0.2, 0.25) is 0 Å². The van der Waals surface area contributed by atoms with Crippen molar-refractivity contribution in [2.24, 2.45) is 5.90 Å². The lowest BCUT2D eigenvalue weighted by Gasteiger charge is -2.12. The molecule has 0 bridgehead atoms. The predicted octanol–water partition coefficient (Wildman–Crippen LogP) is 5.21. The van der Waals surface area contributed by atoms with E-state index in [0.717, 1.165) is 17.7 Å². The largest absolute Gasteiger partial charge is 0.564 e. The maximum atomic E-state index is 10.8. The van der Waals surface area contributed by atoms with Crippen molar-refractivity contribution in [3.8, 4) is 5.75 Å². The van der Waals surface area contributed by atoms with Crippen LogP contribution in [0.15, 0.2) is 24.3 Å². The molecule has 0 fully saturated rings. The molecule has 0 saturated carbocycles. The lowest BCUT2D eigenvalue weighted by molar-refractivity contribution is -0.0298.